The van der Waals surface area contributed by atoms with Crippen molar-refractivity contribution >= 4 is 22.7 Å². The number of nitrogens with zero attached hydrogens (tertiary/aromatic N) is 2. The summed E-state index contributed by atoms with van der Waals surface area (Å²) in [6.07, 6.45) is 5.41. The van der Waals surface area contributed by atoms with Gasteiger partial charge in [-0.05, 0) is 54.7 Å². The Morgan fingerprint density at radius 1 is 0.854 bits per heavy atom. The lowest BCUT2D eigenvalue weighted by Gasteiger charge is -2.47. The van der Waals surface area contributed by atoms with E-state index in [0.29, 0.717) is 28.3 Å². The summed E-state index contributed by atoms with van der Waals surface area (Å²) in [6.45, 7) is 0. The Bertz CT molecular complexity index is 1750. The molecule has 5 aromatic rings. The number of hydrogen-bond donors (Lipinski definition) is 3. The van der Waals surface area contributed by atoms with E-state index >= 15 is 0 Å². The standard InChI is InChI=1S/C33H28F2N4O2/c34-23-14-24-25(17-36-31(24)26(35)15-23)32-37-27(20-8-6-19(7-9-20)18-4-2-1-3-5-18)16-28(39-32)38-30-22-12-10-21(11-13-22)29(30)33(40)41/h1-9,14-17,21-22,29-30,36H,10-13H2,(H,40,41)(H,37,38,39)/t21?,22?,29-,30-/m0/s1. The number of nitrogens with one attached hydrogen (secondary N) is 2. The Hall–Kier alpha value is -4.59. The second-order valence-electron chi connectivity index (χ2n) is 11.1. The highest BCUT2D eigenvalue weighted by Crippen LogP contribution is 2.46. The van der Waals surface area contributed by atoms with Crippen molar-refractivity contribution in [3.8, 4) is 33.8 Å². The number of fused-ring (bicyclic) bond motifs is 4. The summed E-state index contributed by atoms with van der Waals surface area (Å²) in [4.78, 5) is 24.8. The molecule has 3 saturated carbocycles. The summed E-state index contributed by atoms with van der Waals surface area (Å²) >= 11 is 0. The van der Waals surface area contributed by atoms with Crippen molar-refractivity contribution in [3.63, 3.8) is 0 Å². The van der Waals surface area contributed by atoms with Gasteiger partial charge in [0.2, 0.25) is 0 Å². The molecule has 2 aromatic heterocycles. The largest absolute Gasteiger partial charge is 0.481 e. The van der Waals surface area contributed by atoms with Crippen molar-refractivity contribution in [2.24, 2.45) is 17.8 Å². The van der Waals surface area contributed by atoms with E-state index in [9.17, 15) is 18.7 Å². The Kier molecular flexibility index (Phi) is 6.26. The fourth-order valence-electron chi connectivity index (χ4n) is 6.78. The number of aliphatic carboxylic acids is 1. The number of carboxylic acids is 1. The minimum atomic E-state index is -0.787. The van der Waals surface area contributed by atoms with E-state index < -0.39 is 23.5 Å². The van der Waals surface area contributed by atoms with Gasteiger partial charge in [0.25, 0.3) is 0 Å². The van der Waals surface area contributed by atoms with Gasteiger partial charge in [0.05, 0.1) is 17.1 Å². The zero-order valence-electron chi connectivity index (χ0n) is 22.1. The fraction of sp³-hybridized carbons (Fsp3) is 0.242. The molecule has 0 amide bonds. The number of anilines is 1. The van der Waals surface area contributed by atoms with Crippen LogP contribution in [-0.4, -0.2) is 32.1 Å². The number of hydrogen-bond acceptors (Lipinski definition) is 4. The highest BCUT2D eigenvalue weighted by Gasteiger charge is 2.47. The van der Waals surface area contributed by atoms with Crippen LogP contribution in [0.15, 0.2) is 79.0 Å². The van der Waals surface area contributed by atoms with Crippen molar-refractivity contribution in [2.75, 3.05) is 5.32 Å². The topological polar surface area (TPSA) is 90.9 Å². The van der Waals surface area contributed by atoms with Crippen LogP contribution in [0.2, 0.25) is 0 Å². The lowest BCUT2D eigenvalue weighted by atomic mass is 9.61. The summed E-state index contributed by atoms with van der Waals surface area (Å²) in [7, 11) is 0. The van der Waals surface area contributed by atoms with Crippen LogP contribution in [0.25, 0.3) is 44.7 Å². The molecule has 0 aliphatic heterocycles. The zero-order valence-corrected chi connectivity index (χ0v) is 22.1. The molecule has 2 atom stereocenters. The van der Waals surface area contributed by atoms with E-state index in [4.69, 9.17) is 9.97 Å². The molecule has 0 saturated heterocycles. The number of rotatable bonds is 6. The van der Waals surface area contributed by atoms with Gasteiger partial charge in [0.1, 0.15) is 17.5 Å². The van der Waals surface area contributed by atoms with E-state index in [-0.39, 0.29) is 23.4 Å². The molecule has 41 heavy (non-hydrogen) atoms. The molecule has 0 spiro atoms. The first-order chi connectivity index (χ1) is 19.9. The molecule has 206 valence electrons. The van der Waals surface area contributed by atoms with Crippen LogP contribution in [0.1, 0.15) is 25.7 Å². The van der Waals surface area contributed by atoms with Gasteiger partial charge in [0.15, 0.2) is 5.82 Å². The molecule has 0 radical (unpaired) electrons. The Morgan fingerprint density at radius 3 is 2.27 bits per heavy atom. The van der Waals surface area contributed by atoms with E-state index in [2.05, 4.69) is 10.3 Å². The molecule has 3 aromatic carbocycles. The second kappa shape index (κ2) is 10.1. The summed E-state index contributed by atoms with van der Waals surface area (Å²) in [5.41, 5.74) is 4.26. The van der Waals surface area contributed by atoms with Crippen molar-refractivity contribution in [1.82, 2.24) is 15.0 Å². The lowest BCUT2D eigenvalue weighted by Crippen LogP contribution is -2.51. The lowest BCUT2D eigenvalue weighted by molar-refractivity contribution is -0.148. The molecule has 8 heteroatoms. The summed E-state index contributed by atoms with van der Waals surface area (Å²) in [5.74, 6) is -1.50. The number of benzene rings is 3. The predicted octanol–water partition coefficient (Wildman–Crippen LogP) is 7.54. The average Bonchev–Trinajstić information content (AvgIpc) is 3.42. The predicted molar refractivity (Wildman–Crippen MR) is 154 cm³/mol. The zero-order chi connectivity index (χ0) is 28.1. The van der Waals surface area contributed by atoms with Crippen LogP contribution < -0.4 is 5.32 Å². The average molecular weight is 551 g/mol. The fourth-order valence-corrected chi connectivity index (χ4v) is 6.78. The van der Waals surface area contributed by atoms with Gasteiger partial charge in [-0.3, -0.25) is 4.79 Å². The maximum Gasteiger partial charge on any atom is 0.308 e. The quantitative estimate of drug-likeness (QED) is 0.203. The van der Waals surface area contributed by atoms with Crippen molar-refractivity contribution in [1.29, 1.82) is 0 Å². The molecule has 6 nitrogen and oxygen atoms in total. The Balaban J connectivity index is 1.33. The van der Waals surface area contributed by atoms with E-state index in [1.165, 1.54) is 6.07 Å². The normalized spacial score (nSPS) is 21.7. The van der Waals surface area contributed by atoms with Crippen molar-refractivity contribution in [3.05, 3.63) is 90.6 Å². The second-order valence-corrected chi connectivity index (χ2v) is 11.1. The van der Waals surface area contributed by atoms with Crippen molar-refractivity contribution in [2.45, 2.75) is 31.7 Å². The molecule has 0 unspecified atom stereocenters. The van der Waals surface area contributed by atoms with Crippen LogP contribution >= 0.6 is 0 Å². The van der Waals surface area contributed by atoms with Gasteiger partial charge in [-0.25, -0.2) is 18.7 Å². The Morgan fingerprint density at radius 2 is 1.54 bits per heavy atom. The number of aromatic amines is 1. The third kappa shape index (κ3) is 4.63. The first-order valence-electron chi connectivity index (χ1n) is 14.0. The molecule has 3 fully saturated rings. The van der Waals surface area contributed by atoms with Gasteiger partial charge in [-0.2, -0.15) is 0 Å². The molecule has 2 heterocycles. The van der Waals surface area contributed by atoms with Crippen LogP contribution in [0.3, 0.4) is 0 Å². The molecular weight excluding hydrogens is 522 g/mol. The molecule has 8 rings (SSSR count). The molecule has 3 aliphatic rings. The molecule has 2 bridgehead atoms. The van der Waals surface area contributed by atoms with Gasteiger partial charge in [-0.1, -0.05) is 54.6 Å². The number of H-pyrrole nitrogens is 1. The number of aromatic nitrogens is 3. The molecular formula is C33H28F2N4O2. The monoisotopic (exact) mass is 550 g/mol. The summed E-state index contributed by atoms with van der Waals surface area (Å²) in [6, 6.07) is 21.8. The van der Waals surface area contributed by atoms with E-state index in [1.54, 1.807) is 6.20 Å². The SMILES string of the molecule is O=C(O)[C@H]1C2CCC(CC2)[C@@H]1Nc1cc(-c2ccc(-c3ccccc3)cc2)nc(-c2c[nH]c3c(F)cc(F)cc23)n1. The van der Waals surface area contributed by atoms with Gasteiger partial charge in [-0.15, -0.1) is 0 Å². The minimum Gasteiger partial charge on any atom is -0.481 e. The van der Waals surface area contributed by atoms with Crippen LogP contribution in [0.4, 0.5) is 14.6 Å². The van der Waals surface area contributed by atoms with E-state index in [1.807, 2.05) is 60.7 Å². The van der Waals surface area contributed by atoms with Crippen LogP contribution in [-0.2, 0) is 4.79 Å². The Labute approximate surface area is 235 Å². The first kappa shape index (κ1) is 25.4. The first-order valence-corrected chi connectivity index (χ1v) is 14.0. The van der Waals surface area contributed by atoms with E-state index in [0.717, 1.165) is 48.4 Å². The minimum absolute atomic E-state index is 0.140. The highest BCUT2D eigenvalue weighted by molar-refractivity contribution is 5.94. The maximum absolute atomic E-state index is 14.5. The summed E-state index contributed by atoms with van der Waals surface area (Å²) < 4.78 is 28.7. The highest BCUT2D eigenvalue weighted by atomic mass is 19.1. The van der Waals surface area contributed by atoms with Gasteiger partial charge >= 0.3 is 5.97 Å². The van der Waals surface area contributed by atoms with Gasteiger partial charge in [0, 0.05) is 40.9 Å². The third-order valence-corrected chi connectivity index (χ3v) is 8.78. The number of halogens is 2. The third-order valence-electron chi connectivity index (χ3n) is 8.78. The van der Waals surface area contributed by atoms with Crippen LogP contribution in [0, 0.1) is 29.4 Å². The maximum atomic E-state index is 14.5. The van der Waals surface area contributed by atoms with Crippen molar-refractivity contribution < 1.29 is 18.7 Å². The number of carbonyl (C=O) groups is 1. The van der Waals surface area contributed by atoms with Crippen LogP contribution in [0.5, 0.6) is 0 Å². The smallest absolute Gasteiger partial charge is 0.308 e. The molecule has 3 N–H and O–H groups in total. The summed E-state index contributed by atoms with van der Waals surface area (Å²) in [5, 5.41) is 13.9. The van der Waals surface area contributed by atoms with Gasteiger partial charge < -0.3 is 15.4 Å². The molecule has 3 aliphatic carbocycles. The number of carboxylic acid groups (broad SMARTS) is 1.